The molecule has 0 saturated carbocycles. The van der Waals surface area contributed by atoms with Gasteiger partial charge in [0.05, 0.1) is 34.5 Å². The fourth-order valence-electron chi connectivity index (χ4n) is 9.12. The zero-order valence-corrected chi connectivity index (χ0v) is 34.4. The average molecular weight is 842 g/mol. The van der Waals surface area contributed by atoms with Crippen molar-refractivity contribution >= 4 is 82.4 Å². The number of nitrogens with zero attached hydrogens (tertiary/aromatic N) is 2. The summed E-state index contributed by atoms with van der Waals surface area (Å²) >= 11 is 0. The first kappa shape index (κ1) is 26.1. The Balaban J connectivity index is 1.01. The molecule has 304 valence electrons. The van der Waals surface area contributed by atoms with Crippen molar-refractivity contribution in [2.24, 2.45) is 0 Å². The highest BCUT2D eigenvalue weighted by Gasteiger charge is 2.19. The summed E-state index contributed by atoms with van der Waals surface area (Å²) in [5.74, 6) is 0. The van der Waals surface area contributed by atoms with Crippen molar-refractivity contribution in [2.75, 3.05) is 4.90 Å². The van der Waals surface area contributed by atoms with Gasteiger partial charge in [0.1, 0.15) is 11.2 Å². The van der Waals surface area contributed by atoms with Crippen molar-refractivity contribution in [2.45, 2.75) is 0 Å². The maximum atomic E-state index is 9.82. The van der Waals surface area contributed by atoms with E-state index in [2.05, 4.69) is 53.1 Å². The number of furan rings is 1. The van der Waals surface area contributed by atoms with Gasteiger partial charge >= 0.3 is 0 Å². The van der Waals surface area contributed by atoms with Crippen molar-refractivity contribution in [3.05, 3.63) is 242 Å². The van der Waals surface area contributed by atoms with Gasteiger partial charge in [-0.2, -0.15) is 0 Å². The van der Waals surface area contributed by atoms with Gasteiger partial charge in [0.2, 0.25) is 0 Å². The van der Waals surface area contributed by atoms with Gasteiger partial charge < -0.3 is 13.9 Å². The number of rotatable bonds is 7. The Morgan fingerprint density at radius 2 is 0.969 bits per heavy atom. The van der Waals surface area contributed by atoms with E-state index in [0.717, 1.165) is 60.5 Å². The molecular formula is C62H40N2O. The van der Waals surface area contributed by atoms with Gasteiger partial charge in [-0.15, -0.1) is 0 Å². The van der Waals surface area contributed by atoms with E-state index in [1.54, 1.807) is 4.90 Å². The molecule has 0 aliphatic carbocycles. The van der Waals surface area contributed by atoms with Crippen LogP contribution in [-0.4, -0.2) is 4.57 Å². The lowest BCUT2D eigenvalue weighted by Crippen LogP contribution is -2.09. The van der Waals surface area contributed by atoms with Gasteiger partial charge in [-0.3, -0.25) is 0 Å². The van der Waals surface area contributed by atoms with Crippen LogP contribution in [0.4, 0.5) is 17.1 Å². The summed E-state index contributed by atoms with van der Waals surface area (Å²) < 4.78 is 127. The summed E-state index contributed by atoms with van der Waals surface area (Å²) in [7, 11) is 0. The van der Waals surface area contributed by atoms with Gasteiger partial charge in [-0.25, -0.2) is 0 Å². The SMILES string of the molecule is [2H]c1c([2H])c(N(c2ccc(-c3ccc4ccccc4c3)cc2)c2ccc(-c3ccccc3-n3c4ccccc4c4ccccc43)cc2)c([2H])c([2H])c1-c1c([2H])c([2H])c([2H])c2c1oc1c3c([2H])c([2H])c([2H])c([2H])c3c([2H])c([2H])c12. The van der Waals surface area contributed by atoms with Gasteiger partial charge in [0.15, 0.2) is 0 Å². The monoisotopic (exact) mass is 841 g/mol. The number of hydrogen-bond acceptors (Lipinski definition) is 2. The minimum atomic E-state index is -0.685. The third-order valence-corrected chi connectivity index (χ3v) is 12.2. The van der Waals surface area contributed by atoms with Crippen LogP contribution < -0.4 is 4.90 Å². The number of anilines is 3. The Morgan fingerprint density at radius 3 is 1.74 bits per heavy atom. The molecule has 0 atom stereocenters. The molecule has 65 heavy (non-hydrogen) atoms. The van der Waals surface area contributed by atoms with Crippen LogP contribution in [0.3, 0.4) is 0 Å². The van der Waals surface area contributed by atoms with Crippen LogP contribution in [0.5, 0.6) is 0 Å². The summed E-state index contributed by atoms with van der Waals surface area (Å²) in [6, 6.07) is 46.5. The smallest absolute Gasteiger partial charge is 0.143 e. The van der Waals surface area contributed by atoms with Gasteiger partial charge in [-0.1, -0.05) is 176 Å². The topological polar surface area (TPSA) is 21.3 Å². The molecular weight excluding hydrogens is 789 g/mol. The predicted molar refractivity (Wildman–Crippen MR) is 274 cm³/mol. The Hall–Kier alpha value is -8.66. The number of benzene rings is 11. The number of aromatic nitrogens is 1. The van der Waals surface area contributed by atoms with Crippen LogP contribution in [0.2, 0.25) is 0 Å². The zero-order chi connectivity index (χ0) is 54.2. The highest BCUT2D eigenvalue weighted by molar-refractivity contribution is 6.17. The molecule has 0 fully saturated rings. The molecule has 0 aliphatic rings. The largest absolute Gasteiger partial charge is 0.455 e. The van der Waals surface area contributed by atoms with Crippen LogP contribution in [0.1, 0.15) is 17.8 Å². The first-order valence-electron chi connectivity index (χ1n) is 27.7. The summed E-state index contributed by atoms with van der Waals surface area (Å²) in [5.41, 5.74) is 6.12. The predicted octanol–water partition coefficient (Wildman–Crippen LogP) is 17.5. The minimum Gasteiger partial charge on any atom is -0.455 e. The van der Waals surface area contributed by atoms with Crippen molar-refractivity contribution in [3.8, 4) is 39.1 Å². The number of para-hydroxylation sites is 4. The maximum absolute atomic E-state index is 9.82. The Morgan fingerprint density at radius 1 is 0.354 bits per heavy atom. The molecule has 0 unspecified atom stereocenters. The molecule has 0 radical (unpaired) electrons. The van der Waals surface area contributed by atoms with Gasteiger partial charge in [0, 0.05) is 55.1 Å². The standard InChI is InChI=1S/C62H40N2O/c1-2-14-46-40-47(25-24-41(46)12-1)42-26-33-48(34-27-42)63(50-37-30-45(31-38-50)53-19-11-20-56-57-39-32-43-13-3-4-16-52(43)62(57)65-61(53)56)49-35-28-44(29-36-49)51-15-5-8-21-58(51)64-59-22-9-6-17-54(59)55-18-7-10-23-60(55)64/h1-40H/i3D,4D,11D,13D,16D,19D,20D,30D,31D,32D,37D,38D,39D. The molecule has 0 N–H and O–H groups in total. The Kier molecular flexibility index (Phi) is 6.02. The molecule has 13 rings (SSSR count). The maximum Gasteiger partial charge on any atom is 0.143 e. The van der Waals surface area contributed by atoms with Crippen LogP contribution in [-0.2, 0) is 0 Å². The first-order chi connectivity index (χ1) is 37.7. The van der Waals surface area contributed by atoms with E-state index in [0.29, 0.717) is 11.4 Å². The number of hydrogen-bond donors (Lipinski definition) is 0. The third-order valence-electron chi connectivity index (χ3n) is 12.2. The summed E-state index contributed by atoms with van der Waals surface area (Å²) in [6.07, 6.45) is 0. The van der Waals surface area contributed by atoms with E-state index in [1.165, 1.54) is 0 Å². The van der Waals surface area contributed by atoms with E-state index in [4.69, 9.17) is 15.4 Å². The molecule has 11 aromatic carbocycles. The average Bonchev–Trinajstić information content (AvgIpc) is 4.04. The summed E-state index contributed by atoms with van der Waals surface area (Å²) in [5, 5.41) is 3.38. The van der Waals surface area contributed by atoms with Crippen LogP contribution in [0.25, 0.3) is 104 Å². The highest BCUT2D eigenvalue weighted by Crippen LogP contribution is 2.42. The van der Waals surface area contributed by atoms with Crippen molar-refractivity contribution in [1.82, 2.24) is 4.57 Å². The first-order valence-corrected chi connectivity index (χ1v) is 21.2. The molecule has 0 aliphatic heterocycles. The molecule has 0 saturated heterocycles. The third kappa shape index (κ3) is 6.12. The number of fused-ring (bicyclic) bond motifs is 9. The van der Waals surface area contributed by atoms with Crippen molar-refractivity contribution in [3.63, 3.8) is 0 Å². The van der Waals surface area contributed by atoms with Crippen LogP contribution in [0, 0.1) is 0 Å². The lowest BCUT2D eigenvalue weighted by atomic mass is 10.00. The molecule has 13 aromatic rings. The van der Waals surface area contributed by atoms with Crippen molar-refractivity contribution < 1.29 is 22.2 Å². The van der Waals surface area contributed by atoms with E-state index < -0.39 is 84.1 Å². The highest BCUT2D eigenvalue weighted by atomic mass is 16.3. The molecule has 0 bridgehead atoms. The lowest BCUT2D eigenvalue weighted by molar-refractivity contribution is 0.674. The van der Waals surface area contributed by atoms with E-state index in [-0.39, 0.29) is 44.0 Å². The molecule has 0 amide bonds. The van der Waals surface area contributed by atoms with E-state index >= 15 is 0 Å². The van der Waals surface area contributed by atoms with Crippen LogP contribution >= 0.6 is 0 Å². The second-order valence-corrected chi connectivity index (χ2v) is 15.9. The molecule has 3 nitrogen and oxygen atoms in total. The lowest BCUT2D eigenvalue weighted by Gasteiger charge is -2.26. The molecule has 2 aromatic heterocycles. The van der Waals surface area contributed by atoms with Crippen LogP contribution in [0.15, 0.2) is 247 Å². The minimum absolute atomic E-state index is 0.129. The second-order valence-electron chi connectivity index (χ2n) is 15.9. The summed E-state index contributed by atoms with van der Waals surface area (Å²) in [6.45, 7) is 0. The fourth-order valence-corrected chi connectivity index (χ4v) is 9.12. The van der Waals surface area contributed by atoms with E-state index in [1.807, 2.05) is 115 Å². The zero-order valence-electron chi connectivity index (χ0n) is 47.4. The molecule has 2 heterocycles. The quantitative estimate of drug-likeness (QED) is 0.159. The second kappa shape index (κ2) is 15.0. The summed E-state index contributed by atoms with van der Waals surface area (Å²) in [4.78, 5) is 1.65. The molecule has 3 heteroatoms. The fraction of sp³-hybridized carbons (Fsp3) is 0. The van der Waals surface area contributed by atoms with E-state index in [9.17, 15) is 6.85 Å². The van der Waals surface area contributed by atoms with Gasteiger partial charge in [-0.05, 0) is 105 Å². The Labute approximate surface area is 394 Å². The van der Waals surface area contributed by atoms with Crippen molar-refractivity contribution in [1.29, 1.82) is 0 Å². The normalized spacial score (nSPS) is 14.5. The molecule has 0 spiro atoms. The Bertz CT molecular complexity index is 4640. The van der Waals surface area contributed by atoms with Gasteiger partial charge in [0.25, 0.3) is 0 Å².